The Morgan fingerprint density at radius 2 is 2.00 bits per heavy atom. The second-order valence-corrected chi connectivity index (χ2v) is 5.53. The standard InChI is InChI=1S/C12H23N3/c1-9(12(3,4)5)7-15-8-14-6-11(15)10(2)13/h6,8-10H,7,13H2,1-5H3/t9?,10-/m1/s1. The monoisotopic (exact) mass is 209 g/mol. The number of imidazole rings is 1. The van der Waals surface area contributed by atoms with E-state index in [0.29, 0.717) is 11.3 Å². The molecule has 0 amide bonds. The van der Waals surface area contributed by atoms with E-state index in [9.17, 15) is 0 Å². The van der Waals surface area contributed by atoms with Crippen molar-refractivity contribution < 1.29 is 0 Å². The molecular weight excluding hydrogens is 186 g/mol. The summed E-state index contributed by atoms with van der Waals surface area (Å²) in [5, 5.41) is 0. The predicted molar refractivity (Wildman–Crippen MR) is 63.4 cm³/mol. The second-order valence-electron chi connectivity index (χ2n) is 5.53. The van der Waals surface area contributed by atoms with Crippen molar-refractivity contribution >= 4 is 0 Å². The Kier molecular flexibility index (Phi) is 3.55. The van der Waals surface area contributed by atoms with Gasteiger partial charge in [-0.2, -0.15) is 0 Å². The smallest absolute Gasteiger partial charge is 0.0948 e. The van der Waals surface area contributed by atoms with E-state index in [2.05, 4.69) is 37.2 Å². The number of nitrogens with two attached hydrogens (primary N) is 1. The maximum Gasteiger partial charge on any atom is 0.0948 e. The van der Waals surface area contributed by atoms with Crippen LogP contribution in [0.3, 0.4) is 0 Å². The molecule has 1 aromatic heterocycles. The van der Waals surface area contributed by atoms with Gasteiger partial charge in [-0.1, -0.05) is 27.7 Å². The van der Waals surface area contributed by atoms with Gasteiger partial charge < -0.3 is 10.3 Å². The van der Waals surface area contributed by atoms with Gasteiger partial charge in [-0.05, 0) is 18.3 Å². The summed E-state index contributed by atoms with van der Waals surface area (Å²) in [5.41, 5.74) is 7.32. The number of nitrogens with zero attached hydrogens (tertiary/aromatic N) is 2. The van der Waals surface area contributed by atoms with Crippen molar-refractivity contribution in [3.05, 3.63) is 18.2 Å². The number of hydrogen-bond donors (Lipinski definition) is 1. The Hall–Kier alpha value is -0.830. The molecule has 0 aliphatic carbocycles. The molecule has 2 N–H and O–H groups in total. The molecule has 1 rings (SSSR count). The van der Waals surface area contributed by atoms with Crippen LogP contribution in [0, 0.1) is 11.3 Å². The fraction of sp³-hybridized carbons (Fsp3) is 0.750. The topological polar surface area (TPSA) is 43.8 Å². The Labute approximate surface area is 92.7 Å². The number of rotatable bonds is 3. The summed E-state index contributed by atoms with van der Waals surface area (Å²) in [6.45, 7) is 12.0. The maximum atomic E-state index is 5.88. The molecule has 0 radical (unpaired) electrons. The van der Waals surface area contributed by atoms with Gasteiger partial charge in [0.25, 0.3) is 0 Å². The molecule has 0 saturated carbocycles. The minimum Gasteiger partial charge on any atom is -0.333 e. The van der Waals surface area contributed by atoms with Gasteiger partial charge in [0.1, 0.15) is 0 Å². The molecule has 0 bridgehead atoms. The van der Waals surface area contributed by atoms with Crippen LogP contribution in [0.15, 0.2) is 12.5 Å². The summed E-state index contributed by atoms with van der Waals surface area (Å²) in [4.78, 5) is 4.16. The van der Waals surface area contributed by atoms with Crippen LogP contribution in [0.2, 0.25) is 0 Å². The van der Waals surface area contributed by atoms with Crippen LogP contribution >= 0.6 is 0 Å². The summed E-state index contributed by atoms with van der Waals surface area (Å²) in [6, 6.07) is 0.0552. The SMILES string of the molecule is CC(Cn1cncc1[C@@H](C)N)C(C)(C)C. The highest BCUT2D eigenvalue weighted by Gasteiger charge is 2.21. The fourth-order valence-electron chi connectivity index (χ4n) is 1.43. The van der Waals surface area contributed by atoms with Crippen molar-refractivity contribution in [2.45, 2.75) is 47.2 Å². The first kappa shape index (κ1) is 12.2. The highest BCUT2D eigenvalue weighted by atomic mass is 15.1. The van der Waals surface area contributed by atoms with Crippen molar-refractivity contribution in [2.24, 2.45) is 17.1 Å². The van der Waals surface area contributed by atoms with Gasteiger partial charge in [-0.15, -0.1) is 0 Å². The molecule has 0 aromatic carbocycles. The van der Waals surface area contributed by atoms with Gasteiger partial charge in [0.05, 0.1) is 12.0 Å². The summed E-state index contributed by atoms with van der Waals surface area (Å²) in [7, 11) is 0. The van der Waals surface area contributed by atoms with Gasteiger partial charge in [-0.25, -0.2) is 4.98 Å². The van der Waals surface area contributed by atoms with Crippen LogP contribution in [0.25, 0.3) is 0 Å². The van der Waals surface area contributed by atoms with Crippen molar-refractivity contribution in [3.63, 3.8) is 0 Å². The number of aromatic nitrogens is 2. The van der Waals surface area contributed by atoms with E-state index in [1.165, 1.54) is 0 Å². The van der Waals surface area contributed by atoms with Gasteiger partial charge >= 0.3 is 0 Å². The van der Waals surface area contributed by atoms with E-state index in [4.69, 9.17) is 5.73 Å². The van der Waals surface area contributed by atoms with Crippen LogP contribution in [0.4, 0.5) is 0 Å². The summed E-state index contributed by atoms with van der Waals surface area (Å²) in [5.74, 6) is 0.601. The highest BCUT2D eigenvalue weighted by Crippen LogP contribution is 2.27. The van der Waals surface area contributed by atoms with E-state index < -0.39 is 0 Å². The molecule has 15 heavy (non-hydrogen) atoms. The molecule has 3 heteroatoms. The van der Waals surface area contributed by atoms with Crippen LogP contribution < -0.4 is 5.73 Å². The van der Waals surface area contributed by atoms with Crippen LogP contribution in [-0.2, 0) is 6.54 Å². The fourth-order valence-corrected chi connectivity index (χ4v) is 1.43. The van der Waals surface area contributed by atoms with E-state index in [0.717, 1.165) is 12.2 Å². The zero-order valence-corrected chi connectivity index (χ0v) is 10.5. The van der Waals surface area contributed by atoms with Gasteiger partial charge in [0, 0.05) is 18.8 Å². The lowest BCUT2D eigenvalue weighted by atomic mass is 9.82. The van der Waals surface area contributed by atoms with Crippen molar-refractivity contribution in [1.29, 1.82) is 0 Å². The van der Waals surface area contributed by atoms with Gasteiger partial charge in [0.15, 0.2) is 0 Å². The third-order valence-electron chi connectivity index (χ3n) is 3.16. The molecule has 0 aliphatic heterocycles. The van der Waals surface area contributed by atoms with E-state index in [1.54, 1.807) is 0 Å². The lowest BCUT2D eigenvalue weighted by molar-refractivity contribution is 0.230. The summed E-state index contributed by atoms with van der Waals surface area (Å²) in [6.07, 6.45) is 3.74. The van der Waals surface area contributed by atoms with Crippen LogP contribution in [-0.4, -0.2) is 9.55 Å². The zero-order valence-electron chi connectivity index (χ0n) is 10.5. The summed E-state index contributed by atoms with van der Waals surface area (Å²) >= 11 is 0. The normalized spacial score (nSPS) is 16.4. The van der Waals surface area contributed by atoms with E-state index in [-0.39, 0.29) is 6.04 Å². The maximum absolute atomic E-state index is 5.88. The molecule has 2 atom stereocenters. The van der Waals surface area contributed by atoms with E-state index >= 15 is 0 Å². The van der Waals surface area contributed by atoms with Gasteiger partial charge in [0.2, 0.25) is 0 Å². The number of hydrogen-bond acceptors (Lipinski definition) is 2. The Morgan fingerprint density at radius 3 is 2.47 bits per heavy atom. The first-order valence-corrected chi connectivity index (χ1v) is 5.58. The van der Waals surface area contributed by atoms with Crippen molar-refractivity contribution in [1.82, 2.24) is 9.55 Å². The van der Waals surface area contributed by atoms with Crippen LogP contribution in [0.5, 0.6) is 0 Å². The van der Waals surface area contributed by atoms with Crippen molar-refractivity contribution in [2.75, 3.05) is 0 Å². The lowest BCUT2D eigenvalue weighted by Crippen LogP contribution is -2.24. The largest absolute Gasteiger partial charge is 0.333 e. The molecule has 86 valence electrons. The molecule has 0 aliphatic rings. The molecule has 3 nitrogen and oxygen atoms in total. The highest BCUT2D eigenvalue weighted by molar-refractivity contribution is 5.03. The molecular formula is C12H23N3. The lowest BCUT2D eigenvalue weighted by Gasteiger charge is -2.28. The Morgan fingerprint density at radius 1 is 1.40 bits per heavy atom. The average Bonchev–Trinajstić information content (AvgIpc) is 2.50. The molecule has 0 spiro atoms. The molecule has 1 aromatic rings. The summed E-state index contributed by atoms with van der Waals surface area (Å²) < 4.78 is 2.17. The molecule has 0 fully saturated rings. The molecule has 1 heterocycles. The van der Waals surface area contributed by atoms with E-state index in [1.807, 2.05) is 19.4 Å². The predicted octanol–water partition coefficient (Wildman–Crippen LogP) is 2.59. The quantitative estimate of drug-likeness (QED) is 0.831. The third kappa shape index (κ3) is 3.06. The van der Waals surface area contributed by atoms with Gasteiger partial charge in [-0.3, -0.25) is 0 Å². The average molecular weight is 209 g/mol. The Bertz CT molecular complexity index is 307. The second kappa shape index (κ2) is 4.35. The minimum absolute atomic E-state index is 0.0552. The third-order valence-corrected chi connectivity index (χ3v) is 3.16. The van der Waals surface area contributed by atoms with Crippen molar-refractivity contribution in [3.8, 4) is 0 Å². The molecule has 1 unspecified atom stereocenters. The minimum atomic E-state index is 0.0552. The first-order valence-electron chi connectivity index (χ1n) is 5.58. The van der Waals surface area contributed by atoms with Crippen LogP contribution in [0.1, 0.15) is 46.4 Å². The first-order chi connectivity index (χ1) is 6.82. The zero-order chi connectivity index (χ0) is 11.6. The Balaban J connectivity index is 2.77. The molecule has 0 saturated heterocycles.